The molecule has 25 heavy (non-hydrogen) atoms. The molecular formula is C13H11F6N3OS2. The Bertz CT molecular complexity index is 876. The summed E-state index contributed by atoms with van der Waals surface area (Å²) in [5, 5.41) is 0.561. The van der Waals surface area contributed by atoms with Crippen molar-refractivity contribution in [2.75, 3.05) is 11.0 Å². The summed E-state index contributed by atoms with van der Waals surface area (Å²) in [6.07, 6.45) is -7.10. The minimum Gasteiger partial charge on any atom is -0.288 e. The fourth-order valence-electron chi connectivity index (χ4n) is 1.69. The summed E-state index contributed by atoms with van der Waals surface area (Å²) in [6.45, 7) is 1.39. The summed E-state index contributed by atoms with van der Waals surface area (Å²) in [6, 6.07) is 1.83. The van der Waals surface area contributed by atoms with Crippen molar-refractivity contribution < 1.29 is 30.6 Å². The quantitative estimate of drug-likeness (QED) is 0.478. The van der Waals surface area contributed by atoms with Gasteiger partial charge in [-0.2, -0.15) is 26.3 Å². The highest BCUT2D eigenvalue weighted by atomic mass is 32.2. The summed E-state index contributed by atoms with van der Waals surface area (Å²) >= 11 is 0.623. The highest BCUT2D eigenvalue weighted by Gasteiger charge is 2.34. The third-order valence-electron chi connectivity index (χ3n) is 3.12. The molecule has 12 heteroatoms. The van der Waals surface area contributed by atoms with Gasteiger partial charge in [0, 0.05) is 28.3 Å². The zero-order chi connectivity index (χ0) is 19.0. The first-order valence-corrected chi connectivity index (χ1v) is 9.32. The molecule has 0 aliphatic carbocycles. The highest BCUT2D eigenvalue weighted by Crippen LogP contribution is 2.32. The Kier molecular flexibility index (Phi) is 5.06. The summed E-state index contributed by atoms with van der Waals surface area (Å²) in [5.41, 5.74) is -2.06. The van der Waals surface area contributed by atoms with E-state index in [0.29, 0.717) is 11.3 Å². The van der Waals surface area contributed by atoms with Gasteiger partial charge in [0.1, 0.15) is 5.69 Å². The van der Waals surface area contributed by atoms with Gasteiger partial charge < -0.3 is 0 Å². The van der Waals surface area contributed by atoms with Crippen LogP contribution in [0.25, 0.3) is 0 Å². The van der Waals surface area contributed by atoms with Gasteiger partial charge >= 0.3 is 12.4 Å². The Morgan fingerprint density at radius 2 is 1.72 bits per heavy atom. The van der Waals surface area contributed by atoms with Crippen LogP contribution in [0, 0.1) is 0 Å². The van der Waals surface area contributed by atoms with E-state index in [9.17, 15) is 30.6 Å². The largest absolute Gasteiger partial charge is 0.434 e. The van der Waals surface area contributed by atoms with E-state index in [4.69, 9.17) is 0 Å². The first-order valence-electron chi connectivity index (χ1n) is 6.47. The van der Waals surface area contributed by atoms with E-state index in [2.05, 4.69) is 14.7 Å². The Morgan fingerprint density at radius 3 is 2.16 bits per heavy atom. The lowest BCUT2D eigenvalue weighted by Gasteiger charge is -2.12. The molecule has 2 aromatic heterocycles. The van der Waals surface area contributed by atoms with Gasteiger partial charge in [-0.3, -0.25) is 9.71 Å². The van der Waals surface area contributed by atoms with E-state index < -0.39 is 33.4 Å². The van der Waals surface area contributed by atoms with E-state index in [1.807, 2.05) is 0 Å². The van der Waals surface area contributed by atoms with Crippen molar-refractivity contribution >= 4 is 31.0 Å². The van der Waals surface area contributed by atoms with Gasteiger partial charge in [-0.05, 0) is 13.0 Å². The second-order valence-electron chi connectivity index (χ2n) is 4.97. The number of alkyl halides is 6. The molecule has 1 unspecified atom stereocenters. The average Bonchev–Trinajstić information content (AvgIpc) is 2.93. The van der Waals surface area contributed by atoms with Crippen LogP contribution in [0.5, 0.6) is 0 Å². The molecule has 0 saturated heterocycles. The molecule has 0 bridgehead atoms. The molecule has 0 fully saturated rings. The maximum absolute atomic E-state index is 12.7. The van der Waals surface area contributed by atoms with Crippen molar-refractivity contribution in [1.29, 1.82) is 0 Å². The number of nitrogens with zero attached hydrogens (tertiary/aromatic N) is 2. The first kappa shape index (κ1) is 19.5. The van der Waals surface area contributed by atoms with Gasteiger partial charge in [-0.25, -0.2) is 9.19 Å². The van der Waals surface area contributed by atoms with Crippen molar-refractivity contribution in [3.05, 3.63) is 40.7 Å². The Hall–Kier alpha value is -1.82. The topological polar surface area (TPSA) is 54.9 Å². The van der Waals surface area contributed by atoms with E-state index >= 15 is 0 Å². The van der Waals surface area contributed by atoms with Gasteiger partial charge in [0.05, 0.1) is 9.71 Å². The summed E-state index contributed by atoms with van der Waals surface area (Å²) < 4.78 is 90.2. The number of nitrogens with one attached hydrogen (secondary N) is 1. The SMILES string of the molecule is CC(c1ccc(C(F)(F)F)nc1)=S(C)(=O)Nc1nc(C(F)(F)F)cs1. The van der Waals surface area contributed by atoms with Crippen molar-refractivity contribution in [3.63, 3.8) is 0 Å². The number of pyridine rings is 1. The van der Waals surface area contributed by atoms with Crippen LogP contribution in [0.1, 0.15) is 23.9 Å². The first-order chi connectivity index (χ1) is 11.3. The smallest absolute Gasteiger partial charge is 0.288 e. The molecular weight excluding hydrogens is 392 g/mol. The number of hydrogen-bond donors (Lipinski definition) is 1. The van der Waals surface area contributed by atoms with Crippen LogP contribution in [-0.4, -0.2) is 25.3 Å². The van der Waals surface area contributed by atoms with Crippen LogP contribution in [0.3, 0.4) is 0 Å². The third-order valence-corrected chi connectivity index (χ3v) is 6.00. The van der Waals surface area contributed by atoms with Crippen LogP contribution in [0.2, 0.25) is 0 Å². The van der Waals surface area contributed by atoms with Crippen molar-refractivity contribution in [2.45, 2.75) is 19.3 Å². The van der Waals surface area contributed by atoms with Crippen LogP contribution in [0.15, 0.2) is 23.7 Å². The molecule has 0 saturated carbocycles. The van der Waals surface area contributed by atoms with Crippen molar-refractivity contribution in [2.24, 2.45) is 0 Å². The highest BCUT2D eigenvalue weighted by molar-refractivity contribution is 8.03. The molecule has 1 N–H and O–H groups in total. The predicted molar refractivity (Wildman–Crippen MR) is 83.8 cm³/mol. The maximum atomic E-state index is 12.7. The van der Waals surface area contributed by atoms with Gasteiger partial charge in [0.2, 0.25) is 0 Å². The van der Waals surface area contributed by atoms with Gasteiger partial charge in [-0.15, -0.1) is 11.3 Å². The number of halogens is 6. The average molecular weight is 403 g/mol. The monoisotopic (exact) mass is 403 g/mol. The van der Waals surface area contributed by atoms with E-state index in [-0.39, 0.29) is 15.6 Å². The Labute approximate surface area is 143 Å². The maximum Gasteiger partial charge on any atom is 0.434 e. The fourth-order valence-corrected chi connectivity index (χ4v) is 4.02. The minimum atomic E-state index is -4.62. The molecule has 1 atom stereocenters. The summed E-state index contributed by atoms with van der Waals surface area (Å²) in [7, 11) is -3.07. The Balaban J connectivity index is 2.33. The molecule has 2 aromatic rings. The molecule has 0 amide bonds. The standard InChI is InChI=1S/C13H11F6N3OS2/c1-7(8-3-4-9(20-5-8)12(14,15)16)25(2,23)22-11-21-10(6-24-11)13(17,18)19/h3-6H,1-2H3,(H,21,22,23). The van der Waals surface area contributed by atoms with Crippen LogP contribution >= 0.6 is 11.3 Å². The van der Waals surface area contributed by atoms with Crippen LogP contribution in [-0.2, 0) is 22.1 Å². The normalized spacial score (nSPS) is 14.9. The zero-order valence-electron chi connectivity index (χ0n) is 12.7. The predicted octanol–water partition coefficient (Wildman–Crippen LogP) is 4.06. The van der Waals surface area contributed by atoms with Crippen LogP contribution < -0.4 is 4.72 Å². The second-order valence-corrected chi connectivity index (χ2v) is 8.33. The fraction of sp³-hybridized carbons (Fsp3) is 0.308. The molecule has 0 radical (unpaired) electrons. The third kappa shape index (κ3) is 4.63. The number of anilines is 1. The van der Waals surface area contributed by atoms with E-state index in [1.165, 1.54) is 13.2 Å². The Morgan fingerprint density at radius 1 is 1.12 bits per heavy atom. The minimum absolute atomic E-state index is 0.137. The van der Waals surface area contributed by atoms with Crippen molar-refractivity contribution in [1.82, 2.24) is 9.97 Å². The molecule has 0 aliphatic heterocycles. The van der Waals surface area contributed by atoms with Gasteiger partial charge in [0.15, 0.2) is 10.8 Å². The molecule has 2 heterocycles. The van der Waals surface area contributed by atoms with Gasteiger partial charge in [-0.1, -0.05) is 6.07 Å². The molecule has 4 nitrogen and oxygen atoms in total. The zero-order valence-corrected chi connectivity index (χ0v) is 14.3. The molecule has 0 spiro atoms. The number of hydrogen-bond acceptors (Lipinski definition) is 4. The summed E-state index contributed by atoms with van der Waals surface area (Å²) in [5.74, 6) is 0. The lowest BCUT2D eigenvalue weighted by Crippen LogP contribution is -2.20. The second kappa shape index (κ2) is 6.48. The molecule has 2 rings (SSSR count). The van der Waals surface area contributed by atoms with Crippen LogP contribution in [0.4, 0.5) is 31.5 Å². The number of thiazole rings is 1. The lowest BCUT2D eigenvalue weighted by molar-refractivity contribution is -0.141. The van der Waals surface area contributed by atoms with Gasteiger partial charge in [0.25, 0.3) is 0 Å². The molecule has 0 aliphatic rings. The van der Waals surface area contributed by atoms with E-state index in [0.717, 1.165) is 23.7 Å². The number of aromatic nitrogens is 2. The number of rotatable bonds is 3. The molecule has 0 aromatic carbocycles. The lowest BCUT2D eigenvalue weighted by atomic mass is 10.2. The van der Waals surface area contributed by atoms with E-state index in [1.54, 1.807) is 0 Å². The van der Waals surface area contributed by atoms with Crippen molar-refractivity contribution in [3.8, 4) is 0 Å². The summed E-state index contributed by atoms with van der Waals surface area (Å²) in [4.78, 5) is 6.72. The molecule has 138 valence electrons.